The zero-order valence-electron chi connectivity index (χ0n) is 11.1. The first-order chi connectivity index (χ1) is 9.60. The van der Waals surface area contributed by atoms with Gasteiger partial charge in [0.05, 0.1) is 18.2 Å². The van der Waals surface area contributed by atoms with Gasteiger partial charge in [0.25, 0.3) is 11.2 Å². The number of methoxy groups -OCH3 is 1. The maximum absolute atomic E-state index is 11.5. The van der Waals surface area contributed by atoms with E-state index in [2.05, 4.69) is 9.97 Å². The molecule has 0 fully saturated rings. The Morgan fingerprint density at radius 1 is 1.29 bits per heavy atom. The number of rotatable bonds is 4. The lowest BCUT2D eigenvalue weighted by Crippen LogP contribution is -2.11. The van der Waals surface area contributed by atoms with Crippen molar-refractivity contribution in [3.8, 4) is 5.75 Å². The zero-order chi connectivity index (χ0) is 14.5. The van der Waals surface area contributed by atoms with E-state index in [0.29, 0.717) is 5.82 Å². The van der Waals surface area contributed by atoms with Gasteiger partial charge in [-0.05, 0) is 23.8 Å². The molecule has 2 rings (SSSR count). The molecule has 21 heavy (non-hydrogen) atoms. The summed E-state index contributed by atoms with van der Waals surface area (Å²) in [6, 6.07) is 6.03. The zero-order valence-corrected chi connectivity index (χ0v) is 11.1. The average Bonchev–Trinajstić information content (AvgIpc) is 2.45. The molecule has 0 saturated heterocycles. The highest BCUT2D eigenvalue weighted by Crippen LogP contribution is 2.13. The highest BCUT2D eigenvalue weighted by atomic mass is 16.6. The summed E-state index contributed by atoms with van der Waals surface area (Å²) in [4.78, 5) is 28.1. The number of hydrogen-bond donors (Lipinski definition) is 1. The summed E-state index contributed by atoms with van der Waals surface area (Å²) in [5.74, 6) is 0.506. The van der Waals surface area contributed by atoms with E-state index in [0.717, 1.165) is 5.56 Å². The summed E-state index contributed by atoms with van der Waals surface area (Å²) >= 11 is 0. The number of benzene rings is 1. The van der Waals surface area contributed by atoms with Crippen molar-refractivity contribution in [1.82, 2.24) is 9.97 Å². The molecule has 0 aliphatic carbocycles. The van der Waals surface area contributed by atoms with Gasteiger partial charge in [0.2, 0.25) is 5.75 Å². The number of aromatic nitrogens is 2. The second-order valence-corrected chi connectivity index (χ2v) is 3.85. The maximum atomic E-state index is 11.5. The van der Waals surface area contributed by atoms with E-state index in [9.17, 15) is 14.9 Å². The van der Waals surface area contributed by atoms with E-state index in [1.165, 1.54) is 25.4 Å². The van der Waals surface area contributed by atoms with Crippen molar-refractivity contribution in [3.63, 3.8) is 0 Å². The van der Waals surface area contributed by atoms with Crippen molar-refractivity contribution < 1.29 is 15.1 Å². The summed E-state index contributed by atoms with van der Waals surface area (Å²) in [6.07, 6.45) is 4.62. The fourth-order valence-corrected chi connectivity index (χ4v) is 1.51. The number of nitro benzene ring substituents is 1. The molecule has 3 N–H and O–H groups in total. The molecule has 0 radical (unpaired) electrons. The quantitative estimate of drug-likeness (QED) is 0.664. The third-order valence-corrected chi connectivity index (χ3v) is 2.54. The van der Waals surface area contributed by atoms with Crippen molar-refractivity contribution in [1.29, 1.82) is 0 Å². The minimum absolute atomic E-state index is 0. The Balaban J connectivity index is 0.00000220. The lowest BCUT2D eigenvalue weighted by Gasteiger charge is -1.98. The van der Waals surface area contributed by atoms with Gasteiger partial charge in [-0.1, -0.05) is 6.08 Å². The predicted octanol–water partition coefficient (Wildman–Crippen LogP) is 1.03. The number of hydrogen-bond acceptors (Lipinski definition) is 5. The van der Waals surface area contributed by atoms with Gasteiger partial charge in [0.15, 0.2) is 0 Å². The predicted molar refractivity (Wildman–Crippen MR) is 77.0 cm³/mol. The van der Waals surface area contributed by atoms with E-state index in [1.807, 2.05) is 0 Å². The molecular weight excluding hydrogens is 278 g/mol. The van der Waals surface area contributed by atoms with Crippen molar-refractivity contribution in [2.24, 2.45) is 0 Å². The van der Waals surface area contributed by atoms with Crippen LogP contribution in [0.5, 0.6) is 5.75 Å². The van der Waals surface area contributed by atoms with Crippen LogP contribution in [0.1, 0.15) is 11.4 Å². The average molecular weight is 291 g/mol. The first-order valence-electron chi connectivity index (χ1n) is 5.66. The molecule has 2 aromatic rings. The Morgan fingerprint density at radius 2 is 1.95 bits per heavy atom. The van der Waals surface area contributed by atoms with E-state index in [1.54, 1.807) is 24.3 Å². The first-order valence-corrected chi connectivity index (χ1v) is 5.66. The monoisotopic (exact) mass is 291 g/mol. The highest BCUT2D eigenvalue weighted by Gasteiger charge is 2.03. The largest absolute Gasteiger partial charge is 0.490 e. The van der Waals surface area contributed by atoms with Gasteiger partial charge in [-0.15, -0.1) is 0 Å². The summed E-state index contributed by atoms with van der Waals surface area (Å²) < 4.78 is 4.80. The minimum Gasteiger partial charge on any atom is -0.490 e. The Kier molecular flexibility index (Phi) is 5.32. The second kappa shape index (κ2) is 6.96. The Hall–Kier alpha value is -3.00. The van der Waals surface area contributed by atoms with Crippen LogP contribution >= 0.6 is 0 Å². The van der Waals surface area contributed by atoms with E-state index in [4.69, 9.17) is 4.74 Å². The van der Waals surface area contributed by atoms with Gasteiger partial charge < -0.3 is 15.2 Å². The van der Waals surface area contributed by atoms with Crippen molar-refractivity contribution in [2.45, 2.75) is 0 Å². The van der Waals surface area contributed by atoms with Crippen LogP contribution in [0.3, 0.4) is 0 Å². The van der Waals surface area contributed by atoms with Crippen LogP contribution in [0, 0.1) is 10.1 Å². The Bertz CT molecular complexity index is 706. The van der Waals surface area contributed by atoms with Gasteiger partial charge in [0, 0.05) is 12.1 Å². The number of nitro groups is 1. The number of nitrogens with zero attached hydrogens (tertiary/aromatic N) is 2. The molecular formula is C13H13N3O5. The van der Waals surface area contributed by atoms with E-state index in [-0.39, 0.29) is 22.5 Å². The smallest absolute Gasteiger partial charge is 0.293 e. The topological polar surface area (TPSA) is 130 Å². The molecule has 0 bridgehead atoms. The molecule has 0 aliphatic heterocycles. The fourth-order valence-electron chi connectivity index (χ4n) is 1.51. The lowest BCUT2D eigenvalue weighted by atomic mass is 10.2. The molecule has 8 heteroatoms. The van der Waals surface area contributed by atoms with Crippen LogP contribution in [-0.4, -0.2) is 27.5 Å². The standard InChI is InChI=1S/C13H11N3O4.H2O/c1-20-11-8-14-12(15-13(11)17)7-4-9-2-5-10(6-3-9)16(18)19;/h2-8H,1H3,(H,14,15,17);1H2/b7-4+;. The Labute approximate surface area is 119 Å². The summed E-state index contributed by atoms with van der Waals surface area (Å²) in [5, 5.41) is 10.5. The van der Waals surface area contributed by atoms with Gasteiger partial charge in [-0.2, -0.15) is 0 Å². The molecule has 1 heterocycles. The molecule has 0 aliphatic rings. The minimum atomic E-state index is -0.462. The third-order valence-electron chi connectivity index (χ3n) is 2.54. The summed E-state index contributed by atoms with van der Waals surface area (Å²) in [6.45, 7) is 0. The highest BCUT2D eigenvalue weighted by molar-refractivity contribution is 5.67. The number of non-ortho nitro benzene ring substituents is 1. The molecule has 0 atom stereocenters. The molecule has 1 aromatic heterocycles. The normalized spacial score (nSPS) is 10.1. The van der Waals surface area contributed by atoms with Crippen LogP contribution in [-0.2, 0) is 0 Å². The molecule has 0 unspecified atom stereocenters. The van der Waals surface area contributed by atoms with Crippen LogP contribution in [0.4, 0.5) is 5.69 Å². The molecule has 0 amide bonds. The van der Waals surface area contributed by atoms with Crippen LogP contribution in [0.15, 0.2) is 35.3 Å². The van der Waals surface area contributed by atoms with Gasteiger partial charge >= 0.3 is 0 Å². The van der Waals surface area contributed by atoms with Crippen LogP contribution in [0.2, 0.25) is 0 Å². The van der Waals surface area contributed by atoms with Gasteiger partial charge in [-0.25, -0.2) is 4.98 Å². The molecule has 0 spiro atoms. The Morgan fingerprint density at radius 3 is 2.48 bits per heavy atom. The van der Waals surface area contributed by atoms with Crippen molar-refractivity contribution >= 4 is 17.8 Å². The van der Waals surface area contributed by atoms with E-state index >= 15 is 0 Å². The third kappa shape index (κ3) is 3.98. The second-order valence-electron chi connectivity index (χ2n) is 3.85. The SMILES string of the molecule is COc1cnc(/C=C/c2ccc([N+](=O)[O-])cc2)[nH]c1=O.O. The van der Waals surface area contributed by atoms with Crippen molar-refractivity contribution in [3.05, 3.63) is 62.3 Å². The fraction of sp³-hybridized carbons (Fsp3) is 0.0769. The number of ether oxygens (including phenoxy) is 1. The molecule has 1 aromatic carbocycles. The maximum Gasteiger partial charge on any atom is 0.293 e. The molecule has 0 saturated carbocycles. The first kappa shape index (κ1) is 16.1. The summed E-state index contributed by atoms with van der Waals surface area (Å²) in [5.41, 5.74) is 0.415. The van der Waals surface area contributed by atoms with Crippen LogP contribution in [0.25, 0.3) is 12.2 Å². The van der Waals surface area contributed by atoms with Gasteiger partial charge in [-0.3, -0.25) is 14.9 Å². The van der Waals surface area contributed by atoms with E-state index < -0.39 is 4.92 Å². The summed E-state index contributed by atoms with van der Waals surface area (Å²) in [7, 11) is 1.39. The number of H-pyrrole nitrogens is 1. The molecule has 8 nitrogen and oxygen atoms in total. The lowest BCUT2D eigenvalue weighted by molar-refractivity contribution is -0.384. The van der Waals surface area contributed by atoms with Crippen molar-refractivity contribution in [2.75, 3.05) is 7.11 Å². The van der Waals surface area contributed by atoms with Crippen LogP contribution < -0.4 is 10.3 Å². The number of aromatic amines is 1. The van der Waals surface area contributed by atoms with Gasteiger partial charge in [0.1, 0.15) is 5.82 Å². The molecule has 110 valence electrons. The number of nitrogens with one attached hydrogen (secondary N) is 1.